The van der Waals surface area contributed by atoms with Gasteiger partial charge in [-0.3, -0.25) is 4.79 Å². The fourth-order valence-electron chi connectivity index (χ4n) is 4.32. The molecule has 142 valence electrons. The maximum atomic E-state index is 12.2. The summed E-state index contributed by atoms with van der Waals surface area (Å²) in [4.78, 5) is 12.2. The molecule has 0 N–H and O–H groups in total. The van der Waals surface area contributed by atoms with Gasteiger partial charge in [-0.15, -0.1) is 0 Å². The number of nitriles is 1. The molecule has 0 heterocycles. The summed E-state index contributed by atoms with van der Waals surface area (Å²) >= 11 is 0. The number of ketones is 1. The highest BCUT2D eigenvalue weighted by molar-refractivity contribution is 5.95. The number of hydrogen-bond acceptors (Lipinski definition) is 2. The molecule has 0 atom stereocenters. The molecular weight excluding hydrogens is 318 g/mol. The van der Waals surface area contributed by atoms with Crippen LogP contribution in [0.2, 0.25) is 0 Å². The maximum absolute atomic E-state index is 12.2. The van der Waals surface area contributed by atoms with Crippen LogP contribution in [0.25, 0.3) is 0 Å². The van der Waals surface area contributed by atoms with E-state index in [0.717, 1.165) is 37.7 Å². The van der Waals surface area contributed by atoms with Crippen LogP contribution < -0.4 is 0 Å². The van der Waals surface area contributed by atoms with Gasteiger partial charge in [0, 0.05) is 12.0 Å². The molecule has 1 aromatic carbocycles. The molecule has 1 aliphatic carbocycles. The van der Waals surface area contributed by atoms with Gasteiger partial charge in [-0.05, 0) is 44.4 Å². The predicted octanol–water partition coefficient (Wildman–Crippen LogP) is 7.10. The SMILES string of the molecule is CCCCCCCC1(C#N)CCC(CCCC(=O)c2ccccc2)CC1. The first-order valence-electron chi connectivity index (χ1n) is 10.7. The average Bonchev–Trinajstić information content (AvgIpc) is 2.69. The van der Waals surface area contributed by atoms with Crippen molar-refractivity contribution in [3.05, 3.63) is 35.9 Å². The zero-order valence-corrected chi connectivity index (χ0v) is 16.5. The van der Waals surface area contributed by atoms with Gasteiger partial charge in [-0.1, -0.05) is 75.8 Å². The summed E-state index contributed by atoms with van der Waals surface area (Å²) < 4.78 is 0. The van der Waals surface area contributed by atoms with Crippen molar-refractivity contribution in [3.63, 3.8) is 0 Å². The summed E-state index contributed by atoms with van der Waals surface area (Å²) in [5.41, 5.74) is 0.783. The summed E-state index contributed by atoms with van der Waals surface area (Å²) in [5.74, 6) is 0.972. The summed E-state index contributed by atoms with van der Waals surface area (Å²) in [6.07, 6.45) is 14.7. The molecule has 0 aliphatic heterocycles. The maximum Gasteiger partial charge on any atom is 0.162 e. The van der Waals surface area contributed by atoms with Crippen molar-refractivity contribution in [1.29, 1.82) is 5.26 Å². The zero-order valence-electron chi connectivity index (χ0n) is 16.5. The van der Waals surface area contributed by atoms with Crippen LogP contribution >= 0.6 is 0 Å². The lowest BCUT2D eigenvalue weighted by atomic mass is 9.68. The molecule has 0 amide bonds. The van der Waals surface area contributed by atoms with Crippen molar-refractivity contribution in [2.45, 2.75) is 90.4 Å². The van der Waals surface area contributed by atoms with Gasteiger partial charge in [0.1, 0.15) is 0 Å². The molecule has 2 nitrogen and oxygen atoms in total. The van der Waals surface area contributed by atoms with E-state index in [2.05, 4.69) is 13.0 Å². The highest BCUT2D eigenvalue weighted by atomic mass is 16.1. The summed E-state index contributed by atoms with van der Waals surface area (Å²) in [7, 11) is 0. The van der Waals surface area contributed by atoms with E-state index in [1.165, 1.54) is 44.9 Å². The Hall–Kier alpha value is -1.62. The number of Topliss-reactive ketones (excluding diaryl/α,β-unsaturated/α-hetero) is 1. The highest BCUT2D eigenvalue weighted by Gasteiger charge is 2.34. The fraction of sp³-hybridized carbons (Fsp3) is 0.667. The Morgan fingerprint density at radius 1 is 1.08 bits per heavy atom. The van der Waals surface area contributed by atoms with E-state index in [4.69, 9.17) is 0 Å². The van der Waals surface area contributed by atoms with Crippen LogP contribution in [0.4, 0.5) is 0 Å². The van der Waals surface area contributed by atoms with Crippen molar-refractivity contribution in [3.8, 4) is 6.07 Å². The highest BCUT2D eigenvalue weighted by Crippen LogP contribution is 2.43. The van der Waals surface area contributed by atoms with E-state index < -0.39 is 0 Å². The zero-order chi connectivity index (χ0) is 18.7. The molecule has 1 saturated carbocycles. The van der Waals surface area contributed by atoms with Gasteiger partial charge in [0.25, 0.3) is 0 Å². The Kier molecular flexibility index (Phi) is 8.89. The molecule has 0 saturated heterocycles. The van der Waals surface area contributed by atoms with Gasteiger partial charge in [-0.2, -0.15) is 5.26 Å². The van der Waals surface area contributed by atoms with E-state index in [9.17, 15) is 10.1 Å². The standard InChI is InChI=1S/C24H35NO/c1-2-3-4-5-9-17-24(20-25)18-15-21(16-19-24)11-10-14-23(26)22-12-7-6-8-13-22/h6-8,12-13,21H,2-5,9-11,14-19H2,1H3. The number of benzene rings is 1. The largest absolute Gasteiger partial charge is 0.294 e. The number of carbonyl (C=O) groups excluding carboxylic acids is 1. The molecule has 0 radical (unpaired) electrons. The van der Waals surface area contributed by atoms with Gasteiger partial charge in [0.2, 0.25) is 0 Å². The van der Waals surface area contributed by atoms with E-state index in [1.54, 1.807) is 0 Å². The molecular formula is C24H35NO. The lowest BCUT2D eigenvalue weighted by Gasteiger charge is -2.35. The molecule has 0 bridgehead atoms. The van der Waals surface area contributed by atoms with Crippen LogP contribution in [0.3, 0.4) is 0 Å². The van der Waals surface area contributed by atoms with Crippen LogP contribution in [0.15, 0.2) is 30.3 Å². The number of nitrogens with zero attached hydrogens (tertiary/aromatic N) is 1. The van der Waals surface area contributed by atoms with E-state index in [0.29, 0.717) is 12.3 Å². The normalized spacial score (nSPS) is 22.7. The van der Waals surface area contributed by atoms with Crippen LogP contribution in [-0.2, 0) is 0 Å². The molecule has 26 heavy (non-hydrogen) atoms. The lowest BCUT2D eigenvalue weighted by molar-refractivity contribution is 0.0974. The number of unbranched alkanes of at least 4 members (excludes halogenated alkanes) is 4. The van der Waals surface area contributed by atoms with Crippen molar-refractivity contribution in [1.82, 2.24) is 0 Å². The Morgan fingerprint density at radius 2 is 1.77 bits per heavy atom. The number of rotatable bonds is 11. The Balaban J connectivity index is 1.65. The lowest BCUT2D eigenvalue weighted by Crippen LogP contribution is -2.26. The van der Waals surface area contributed by atoms with Crippen molar-refractivity contribution >= 4 is 5.78 Å². The quantitative estimate of drug-likeness (QED) is 0.314. The molecule has 2 rings (SSSR count). The first-order valence-corrected chi connectivity index (χ1v) is 10.7. The van der Waals surface area contributed by atoms with Crippen molar-refractivity contribution in [2.24, 2.45) is 11.3 Å². The van der Waals surface area contributed by atoms with Crippen LogP contribution in [0.5, 0.6) is 0 Å². The summed E-state index contributed by atoms with van der Waals surface area (Å²) in [6, 6.07) is 12.3. The third-order valence-electron chi connectivity index (χ3n) is 6.17. The van der Waals surface area contributed by atoms with E-state index >= 15 is 0 Å². The minimum Gasteiger partial charge on any atom is -0.294 e. The molecule has 2 heteroatoms. The van der Waals surface area contributed by atoms with Gasteiger partial charge >= 0.3 is 0 Å². The monoisotopic (exact) mass is 353 g/mol. The number of carbonyl (C=O) groups is 1. The number of hydrogen-bond donors (Lipinski definition) is 0. The predicted molar refractivity (Wildman–Crippen MR) is 108 cm³/mol. The Bertz CT molecular complexity index is 564. The Morgan fingerprint density at radius 3 is 2.42 bits per heavy atom. The second-order valence-electron chi connectivity index (χ2n) is 8.18. The van der Waals surface area contributed by atoms with Crippen molar-refractivity contribution in [2.75, 3.05) is 0 Å². The average molecular weight is 354 g/mol. The van der Waals surface area contributed by atoms with Crippen LogP contribution in [0.1, 0.15) is 101 Å². The Labute approximate surface area is 160 Å². The van der Waals surface area contributed by atoms with Crippen molar-refractivity contribution < 1.29 is 4.79 Å². The minimum absolute atomic E-state index is 0.0530. The van der Waals surface area contributed by atoms with Gasteiger partial charge in [0.15, 0.2) is 5.78 Å². The summed E-state index contributed by atoms with van der Waals surface area (Å²) in [6.45, 7) is 2.24. The first-order chi connectivity index (χ1) is 12.7. The topological polar surface area (TPSA) is 40.9 Å². The smallest absolute Gasteiger partial charge is 0.162 e. The van der Waals surface area contributed by atoms with Gasteiger partial charge in [0.05, 0.1) is 11.5 Å². The van der Waals surface area contributed by atoms with E-state index in [-0.39, 0.29) is 11.2 Å². The second kappa shape index (κ2) is 11.2. The van der Waals surface area contributed by atoms with Crippen LogP contribution in [0, 0.1) is 22.7 Å². The molecule has 0 spiro atoms. The van der Waals surface area contributed by atoms with Gasteiger partial charge < -0.3 is 0 Å². The van der Waals surface area contributed by atoms with Crippen LogP contribution in [-0.4, -0.2) is 5.78 Å². The minimum atomic E-state index is -0.0530. The molecule has 1 aromatic rings. The molecule has 0 aromatic heterocycles. The third kappa shape index (κ3) is 6.60. The van der Waals surface area contributed by atoms with Gasteiger partial charge in [-0.25, -0.2) is 0 Å². The molecule has 1 aliphatic rings. The first kappa shape index (κ1) is 20.7. The fourth-order valence-corrected chi connectivity index (χ4v) is 4.32. The second-order valence-corrected chi connectivity index (χ2v) is 8.18. The molecule has 0 unspecified atom stereocenters. The third-order valence-corrected chi connectivity index (χ3v) is 6.17. The summed E-state index contributed by atoms with van der Waals surface area (Å²) in [5, 5.41) is 9.71. The van der Waals surface area contributed by atoms with E-state index in [1.807, 2.05) is 30.3 Å². The molecule has 1 fully saturated rings.